The Hall–Kier alpha value is -3.06. The number of likely N-dealkylation sites (tertiary alicyclic amines) is 1. The molecule has 0 radical (unpaired) electrons. The number of aromatic nitrogens is 3. The van der Waals surface area contributed by atoms with Gasteiger partial charge in [0.05, 0.1) is 30.9 Å². The van der Waals surface area contributed by atoms with Crippen LogP contribution in [0.4, 0.5) is 0 Å². The number of methoxy groups -OCH3 is 1. The highest BCUT2D eigenvalue weighted by atomic mass is 35.5. The summed E-state index contributed by atoms with van der Waals surface area (Å²) >= 11 is 5.82. The fraction of sp³-hybridized carbons (Fsp3) is 0.250. The smallest absolute Gasteiger partial charge is 0.272 e. The summed E-state index contributed by atoms with van der Waals surface area (Å²) < 4.78 is 12.7. The molecule has 8 heteroatoms. The lowest BCUT2D eigenvalue weighted by molar-refractivity contribution is 0.0152. The molecule has 1 aliphatic heterocycles. The molecule has 28 heavy (non-hydrogen) atoms. The summed E-state index contributed by atoms with van der Waals surface area (Å²) in [5, 5.41) is 5.04. The number of halogens is 1. The summed E-state index contributed by atoms with van der Waals surface area (Å²) in [5.41, 5.74) is 2.06. The zero-order chi connectivity index (χ0) is 19.7. The Morgan fingerprint density at radius 2 is 2.00 bits per heavy atom. The quantitative estimate of drug-likeness (QED) is 0.660. The normalized spacial score (nSPS) is 13.9. The van der Waals surface area contributed by atoms with Crippen LogP contribution in [0.1, 0.15) is 10.5 Å². The van der Waals surface area contributed by atoms with Crippen LogP contribution < -0.4 is 9.47 Å². The Morgan fingerprint density at radius 1 is 1.21 bits per heavy atom. The molecule has 3 heterocycles. The summed E-state index contributed by atoms with van der Waals surface area (Å²) in [6.07, 6.45) is 1.45. The first-order chi connectivity index (χ1) is 13.5. The van der Waals surface area contributed by atoms with Gasteiger partial charge in [-0.05, 0) is 24.3 Å². The summed E-state index contributed by atoms with van der Waals surface area (Å²) in [7, 11) is 3.38. The molecule has 7 nitrogen and oxygen atoms in total. The van der Waals surface area contributed by atoms with Gasteiger partial charge >= 0.3 is 0 Å². The van der Waals surface area contributed by atoms with Gasteiger partial charge in [-0.3, -0.25) is 9.48 Å². The number of pyridine rings is 1. The van der Waals surface area contributed by atoms with E-state index < -0.39 is 0 Å². The second-order valence-corrected chi connectivity index (χ2v) is 6.94. The molecule has 1 amide bonds. The van der Waals surface area contributed by atoms with Crippen molar-refractivity contribution in [1.29, 1.82) is 0 Å². The predicted octanol–water partition coefficient (Wildman–Crippen LogP) is 3.05. The summed E-state index contributed by atoms with van der Waals surface area (Å²) in [4.78, 5) is 18.7. The zero-order valence-corrected chi connectivity index (χ0v) is 16.3. The number of amides is 1. The van der Waals surface area contributed by atoms with Crippen molar-refractivity contribution < 1.29 is 14.3 Å². The van der Waals surface area contributed by atoms with Crippen LogP contribution in [0.2, 0.25) is 5.02 Å². The molecule has 0 atom stereocenters. The number of carbonyl (C=O) groups is 1. The second kappa shape index (κ2) is 7.52. The lowest BCUT2D eigenvalue weighted by Gasteiger charge is -2.38. The van der Waals surface area contributed by atoms with Gasteiger partial charge in [0.2, 0.25) is 5.88 Å². The Bertz CT molecular complexity index is 997. The average molecular weight is 399 g/mol. The standard InChI is InChI=1S/C20H19ClN4O3/c1-24-17(9-16(23-24)15-5-3-4-6-18(15)27-2)20(26)25-11-14(12-25)28-19-8-7-13(21)10-22-19/h3-10,14H,11-12H2,1-2H3. The first-order valence-electron chi connectivity index (χ1n) is 8.80. The summed E-state index contributed by atoms with van der Waals surface area (Å²) in [6.45, 7) is 0.997. The maximum atomic E-state index is 12.8. The van der Waals surface area contributed by atoms with Crippen LogP contribution in [0.3, 0.4) is 0 Å². The van der Waals surface area contributed by atoms with E-state index in [0.717, 1.165) is 5.56 Å². The zero-order valence-electron chi connectivity index (χ0n) is 15.5. The van der Waals surface area contributed by atoms with Gasteiger partial charge in [0.25, 0.3) is 5.91 Å². The van der Waals surface area contributed by atoms with Crippen molar-refractivity contribution in [2.75, 3.05) is 20.2 Å². The number of aryl methyl sites for hydroxylation is 1. The molecule has 0 unspecified atom stereocenters. The van der Waals surface area contributed by atoms with Crippen LogP contribution in [0.5, 0.6) is 11.6 Å². The van der Waals surface area contributed by atoms with Gasteiger partial charge in [0, 0.05) is 24.9 Å². The van der Waals surface area contributed by atoms with E-state index in [1.54, 1.807) is 41.9 Å². The molecule has 1 aromatic carbocycles. The third kappa shape index (κ3) is 3.53. The van der Waals surface area contributed by atoms with Gasteiger partial charge in [-0.2, -0.15) is 5.10 Å². The number of nitrogens with zero attached hydrogens (tertiary/aromatic N) is 4. The van der Waals surface area contributed by atoms with Crippen LogP contribution in [0, 0.1) is 0 Å². The van der Waals surface area contributed by atoms with Gasteiger partial charge in [-0.1, -0.05) is 23.7 Å². The molecule has 0 saturated carbocycles. The summed E-state index contributed by atoms with van der Waals surface area (Å²) in [6, 6.07) is 12.8. The molecule has 0 spiro atoms. The molecule has 3 aromatic rings. The highest BCUT2D eigenvalue weighted by molar-refractivity contribution is 6.30. The minimum absolute atomic E-state index is 0.0833. The topological polar surface area (TPSA) is 69.5 Å². The maximum Gasteiger partial charge on any atom is 0.272 e. The van der Waals surface area contributed by atoms with Gasteiger partial charge < -0.3 is 14.4 Å². The minimum Gasteiger partial charge on any atom is -0.496 e. The molecule has 4 rings (SSSR count). The van der Waals surface area contributed by atoms with E-state index in [9.17, 15) is 4.79 Å². The molecular formula is C20H19ClN4O3. The number of rotatable bonds is 5. The van der Waals surface area contributed by atoms with E-state index in [1.807, 2.05) is 24.3 Å². The first-order valence-corrected chi connectivity index (χ1v) is 9.18. The van der Waals surface area contributed by atoms with E-state index >= 15 is 0 Å². The van der Waals surface area contributed by atoms with Crippen molar-refractivity contribution in [2.24, 2.45) is 7.05 Å². The van der Waals surface area contributed by atoms with E-state index in [2.05, 4.69) is 10.1 Å². The number of hydrogen-bond donors (Lipinski definition) is 0. The van der Waals surface area contributed by atoms with E-state index in [0.29, 0.717) is 41.1 Å². The Balaban J connectivity index is 1.43. The van der Waals surface area contributed by atoms with E-state index in [4.69, 9.17) is 21.1 Å². The Labute approximate surface area is 167 Å². The molecule has 0 aliphatic carbocycles. The van der Waals surface area contributed by atoms with Crippen LogP contribution in [0.25, 0.3) is 11.3 Å². The predicted molar refractivity (Wildman–Crippen MR) is 105 cm³/mol. The van der Waals surface area contributed by atoms with Crippen molar-refractivity contribution in [2.45, 2.75) is 6.10 Å². The summed E-state index contributed by atoms with van der Waals surface area (Å²) in [5.74, 6) is 1.13. The monoisotopic (exact) mass is 398 g/mol. The van der Waals surface area contributed by atoms with Gasteiger partial charge in [-0.25, -0.2) is 4.98 Å². The van der Waals surface area contributed by atoms with Crippen molar-refractivity contribution in [3.05, 3.63) is 59.4 Å². The molecule has 1 fully saturated rings. The largest absolute Gasteiger partial charge is 0.496 e. The number of carbonyl (C=O) groups excluding carboxylic acids is 1. The molecule has 1 saturated heterocycles. The number of para-hydroxylation sites is 1. The maximum absolute atomic E-state index is 12.8. The third-order valence-electron chi connectivity index (χ3n) is 4.60. The number of hydrogen-bond acceptors (Lipinski definition) is 5. The SMILES string of the molecule is COc1ccccc1-c1cc(C(=O)N2CC(Oc3ccc(Cl)cn3)C2)n(C)n1. The highest BCUT2D eigenvalue weighted by Crippen LogP contribution is 2.29. The van der Waals surface area contributed by atoms with Crippen LogP contribution in [0.15, 0.2) is 48.7 Å². The lowest BCUT2D eigenvalue weighted by Crippen LogP contribution is -2.56. The van der Waals surface area contributed by atoms with E-state index in [1.165, 1.54) is 6.20 Å². The van der Waals surface area contributed by atoms with Gasteiger partial charge in [-0.15, -0.1) is 0 Å². The Kier molecular flexibility index (Phi) is 4.92. The minimum atomic E-state index is -0.0838. The number of benzene rings is 1. The van der Waals surface area contributed by atoms with Crippen molar-refractivity contribution in [3.8, 4) is 22.9 Å². The molecule has 1 aliphatic rings. The highest BCUT2D eigenvalue weighted by Gasteiger charge is 2.34. The van der Waals surface area contributed by atoms with E-state index in [-0.39, 0.29) is 12.0 Å². The third-order valence-corrected chi connectivity index (χ3v) is 4.83. The van der Waals surface area contributed by atoms with Gasteiger partial charge in [0.15, 0.2) is 0 Å². The Morgan fingerprint density at radius 3 is 2.71 bits per heavy atom. The molecule has 0 bridgehead atoms. The van der Waals surface area contributed by atoms with Crippen molar-refractivity contribution in [3.63, 3.8) is 0 Å². The second-order valence-electron chi connectivity index (χ2n) is 6.50. The molecule has 2 aromatic heterocycles. The number of ether oxygens (including phenoxy) is 2. The fourth-order valence-corrected chi connectivity index (χ4v) is 3.21. The van der Waals surface area contributed by atoms with Crippen LogP contribution in [-0.4, -0.2) is 51.9 Å². The van der Waals surface area contributed by atoms with Crippen LogP contribution >= 0.6 is 11.6 Å². The average Bonchev–Trinajstić information content (AvgIpc) is 3.07. The molecule has 0 N–H and O–H groups in total. The molecule has 144 valence electrons. The first kappa shape index (κ1) is 18.3. The van der Waals surface area contributed by atoms with Crippen molar-refractivity contribution >= 4 is 17.5 Å². The fourth-order valence-electron chi connectivity index (χ4n) is 3.10. The van der Waals surface area contributed by atoms with Gasteiger partial charge in [0.1, 0.15) is 17.5 Å². The lowest BCUT2D eigenvalue weighted by atomic mass is 10.1. The van der Waals surface area contributed by atoms with Crippen LogP contribution in [-0.2, 0) is 7.05 Å². The van der Waals surface area contributed by atoms with Crippen molar-refractivity contribution in [1.82, 2.24) is 19.7 Å². The molecular weight excluding hydrogens is 380 g/mol.